The van der Waals surface area contributed by atoms with Crippen LogP contribution in [0.2, 0.25) is 0 Å². The van der Waals surface area contributed by atoms with Crippen LogP contribution in [0.25, 0.3) is 0 Å². The molecular weight excluding hydrogens is 244 g/mol. The maximum Gasteiger partial charge on any atom is 0.323 e. The molecule has 0 aromatic heterocycles. The van der Waals surface area contributed by atoms with E-state index in [1.165, 1.54) is 11.3 Å². The van der Waals surface area contributed by atoms with E-state index in [1.54, 1.807) is 18.0 Å². The van der Waals surface area contributed by atoms with Crippen LogP contribution in [0.4, 0.5) is 4.79 Å². The van der Waals surface area contributed by atoms with Crippen LogP contribution in [0.15, 0.2) is 12.7 Å². The molecule has 0 aliphatic heterocycles. The lowest BCUT2D eigenvalue weighted by atomic mass is 9.85. The Hall–Kier alpha value is -1.52. The van der Waals surface area contributed by atoms with E-state index in [9.17, 15) is 9.59 Å². The molecule has 2 amide bonds. The van der Waals surface area contributed by atoms with Crippen molar-refractivity contribution in [2.45, 2.75) is 38.6 Å². The molecule has 0 aromatic carbocycles. The predicted molar refractivity (Wildman–Crippen MR) is 74.0 cm³/mol. The third kappa shape index (κ3) is 4.26. The van der Waals surface area contributed by atoms with Crippen LogP contribution in [0.3, 0.4) is 0 Å². The van der Waals surface area contributed by atoms with Crippen LogP contribution in [-0.2, 0) is 4.79 Å². The summed E-state index contributed by atoms with van der Waals surface area (Å²) in [5.74, 6) is -0.529. The molecule has 1 aliphatic carbocycles. The van der Waals surface area contributed by atoms with Gasteiger partial charge in [-0.05, 0) is 18.8 Å². The van der Waals surface area contributed by atoms with Gasteiger partial charge in [0.15, 0.2) is 0 Å². The highest BCUT2D eigenvalue weighted by Gasteiger charge is 2.30. The summed E-state index contributed by atoms with van der Waals surface area (Å²) in [7, 11) is 1.77. The number of nitrogens with zero attached hydrogens (tertiary/aromatic N) is 2. The van der Waals surface area contributed by atoms with Crippen molar-refractivity contribution in [1.29, 1.82) is 0 Å². The van der Waals surface area contributed by atoms with Gasteiger partial charge in [0, 0.05) is 19.6 Å². The number of amides is 2. The molecular formula is C14H24N2O3. The first-order valence-electron chi connectivity index (χ1n) is 6.81. The fourth-order valence-corrected chi connectivity index (χ4v) is 2.77. The Balaban J connectivity index is 2.71. The zero-order valence-electron chi connectivity index (χ0n) is 11.8. The second kappa shape index (κ2) is 7.16. The van der Waals surface area contributed by atoms with Gasteiger partial charge in [-0.15, -0.1) is 6.58 Å². The number of carbonyl (C=O) groups is 2. The highest BCUT2D eigenvalue weighted by molar-refractivity contribution is 5.80. The number of carboxylic acids is 1. The Kier molecular flexibility index (Phi) is 5.86. The van der Waals surface area contributed by atoms with E-state index in [1.807, 2.05) is 0 Å². The van der Waals surface area contributed by atoms with Gasteiger partial charge in [-0.1, -0.05) is 25.8 Å². The van der Waals surface area contributed by atoms with Crippen LogP contribution < -0.4 is 0 Å². The van der Waals surface area contributed by atoms with E-state index in [-0.39, 0.29) is 25.2 Å². The molecule has 0 bridgehead atoms. The van der Waals surface area contributed by atoms with Crippen LogP contribution in [-0.4, -0.2) is 53.1 Å². The molecule has 2 unspecified atom stereocenters. The van der Waals surface area contributed by atoms with Crippen molar-refractivity contribution in [3.05, 3.63) is 12.7 Å². The van der Waals surface area contributed by atoms with Crippen LogP contribution in [0.1, 0.15) is 32.6 Å². The summed E-state index contributed by atoms with van der Waals surface area (Å²) in [6, 6.07) is -0.0107. The van der Waals surface area contributed by atoms with Crippen molar-refractivity contribution in [2.75, 3.05) is 20.1 Å². The number of rotatable bonds is 5. The second-order valence-electron chi connectivity index (χ2n) is 5.29. The summed E-state index contributed by atoms with van der Waals surface area (Å²) in [5, 5.41) is 8.86. The minimum absolute atomic E-state index is 0.211. The van der Waals surface area contributed by atoms with E-state index < -0.39 is 5.97 Å². The lowest BCUT2D eigenvalue weighted by Gasteiger charge is -2.38. The summed E-state index contributed by atoms with van der Waals surface area (Å²) in [6.45, 7) is 5.71. The molecule has 1 rings (SSSR count). The van der Waals surface area contributed by atoms with Gasteiger partial charge in [-0.3, -0.25) is 4.79 Å². The molecule has 108 valence electrons. The third-order valence-electron chi connectivity index (χ3n) is 3.81. The molecule has 5 heteroatoms. The van der Waals surface area contributed by atoms with E-state index in [0.29, 0.717) is 5.92 Å². The smallest absolute Gasteiger partial charge is 0.323 e. The van der Waals surface area contributed by atoms with Gasteiger partial charge in [-0.2, -0.15) is 0 Å². The van der Waals surface area contributed by atoms with E-state index >= 15 is 0 Å². The monoisotopic (exact) mass is 268 g/mol. The molecule has 0 spiro atoms. The Morgan fingerprint density at radius 2 is 2.00 bits per heavy atom. The molecule has 1 fully saturated rings. The standard InChI is InChI=1S/C14H24N2O3/c1-4-9-16(10-13(17)18)14(19)15(3)12-8-6-5-7-11(12)2/h4,11-12H,1,5-10H2,2-3H3,(H,17,18). The number of carboxylic acid groups (broad SMARTS) is 1. The van der Waals surface area contributed by atoms with Crippen molar-refractivity contribution >= 4 is 12.0 Å². The quantitative estimate of drug-likeness (QED) is 0.777. The Labute approximate surface area is 114 Å². The van der Waals surface area contributed by atoms with Crippen molar-refractivity contribution in [3.63, 3.8) is 0 Å². The number of urea groups is 1. The van der Waals surface area contributed by atoms with Crippen LogP contribution >= 0.6 is 0 Å². The van der Waals surface area contributed by atoms with E-state index in [0.717, 1.165) is 19.3 Å². The van der Waals surface area contributed by atoms with Gasteiger partial charge >= 0.3 is 12.0 Å². The Morgan fingerprint density at radius 1 is 1.37 bits per heavy atom. The summed E-state index contributed by atoms with van der Waals surface area (Å²) in [5.41, 5.74) is 0. The Bertz CT molecular complexity index is 344. The molecule has 0 aromatic rings. The van der Waals surface area contributed by atoms with Gasteiger partial charge in [0.05, 0.1) is 0 Å². The summed E-state index contributed by atoms with van der Waals surface area (Å²) in [4.78, 5) is 26.2. The molecule has 0 heterocycles. The molecule has 19 heavy (non-hydrogen) atoms. The lowest BCUT2D eigenvalue weighted by Crippen LogP contribution is -2.50. The van der Waals surface area contributed by atoms with Gasteiger partial charge in [-0.25, -0.2) is 4.79 Å². The number of hydrogen-bond acceptors (Lipinski definition) is 2. The lowest BCUT2D eigenvalue weighted by molar-refractivity contribution is -0.137. The zero-order valence-corrected chi connectivity index (χ0v) is 11.8. The molecule has 1 N–H and O–H groups in total. The maximum atomic E-state index is 12.4. The summed E-state index contributed by atoms with van der Waals surface area (Å²) >= 11 is 0. The van der Waals surface area contributed by atoms with Gasteiger partial charge in [0.2, 0.25) is 0 Å². The SMILES string of the molecule is C=CCN(CC(=O)O)C(=O)N(C)C1CCCCC1C. The van der Waals surface area contributed by atoms with Crippen molar-refractivity contribution in [1.82, 2.24) is 9.80 Å². The van der Waals surface area contributed by atoms with Gasteiger partial charge < -0.3 is 14.9 Å². The molecule has 2 atom stereocenters. The van der Waals surface area contributed by atoms with Crippen molar-refractivity contribution in [3.8, 4) is 0 Å². The van der Waals surface area contributed by atoms with E-state index in [2.05, 4.69) is 13.5 Å². The third-order valence-corrected chi connectivity index (χ3v) is 3.81. The van der Waals surface area contributed by atoms with Gasteiger partial charge in [0.1, 0.15) is 6.54 Å². The first kappa shape index (κ1) is 15.5. The highest BCUT2D eigenvalue weighted by Crippen LogP contribution is 2.27. The fourth-order valence-electron chi connectivity index (χ4n) is 2.77. The molecule has 1 saturated carbocycles. The predicted octanol–water partition coefficient (Wildman–Crippen LogP) is 2.19. The van der Waals surface area contributed by atoms with Gasteiger partial charge in [0.25, 0.3) is 0 Å². The maximum absolute atomic E-state index is 12.4. The zero-order chi connectivity index (χ0) is 14.4. The largest absolute Gasteiger partial charge is 0.480 e. The first-order valence-corrected chi connectivity index (χ1v) is 6.81. The molecule has 1 aliphatic rings. The fraction of sp³-hybridized carbons (Fsp3) is 0.714. The Morgan fingerprint density at radius 3 is 2.53 bits per heavy atom. The summed E-state index contributed by atoms with van der Waals surface area (Å²) < 4.78 is 0. The normalized spacial score (nSPS) is 22.6. The minimum atomic E-state index is -1.000. The molecule has 0 radical (unpaired) electrons. The van der Waals surface area contributed by atoms with Crippen LogP contribution in [0, 0.1) is 5.92 Å². The average Bonchev–Trinajstić information content (AvgIpc) is 2.36. The number of carbonyl (C=O) groups excluding carboxylic acids is 1. The molecule has 5 nitrogen and oxygen atoms in total. The topological polar surface area (TPSA) is 60.9 Å². The average molecular weight is 268 g/mol. The number of hydrogen-bond donors (Lipinski definition) is 1. The summed E-state index contributed by atoms with van der Waals surface area (Å²) in [6.07, 6.45) is 6.03. The first-order chi connectivity index (χ1) is 8.97. The minimum Gasteiger partial charge on any atom is -0.480 e. The number of aliphatic carboxylic acids is 1. The highest BCUT2D eigenvalue weighted by atomic mass is 16.4. The molecule has 0 saturated heterocycles. The van der Waals surface area contributed by atoms with Crippen molar-refractivity contribution in [2.24, 2.45) is 5.92 Å². The van der Waals surface area contributed by atoms with Crippen molar-refractivity contribution < 1.29 is 14.7 Å². The van der Waals surface area contributed by atoms with E-state index in [4.69, 9.17) is 5.11 Å². The second-order valence-corrected chi connectivity index (χ2v) is 5.29. The van der Waals surface area contributed by atoms with Crippen LogP contribution in [0.5, 0.6) is 0 Å².